The molecule has 2 rings (SSSR count). The van der Waals surface area contributed by atoms with E-state index in [4.69, 9.17) is 11.6 Å². The SMILES string of the molecule is COC(=O)c1ccc(C2CCNC2)c(Cl)c1.Cl. The van der Waals surface area contributed by atoms with Gasteiger partial charge in [0.25, 0.3) is 0 Å². The molecule has 1 aliphatic heterocycles. The summed E-state index contributed by atoms with van der Waals surface area (Å²) in [6.45, 7) is 1.98. The number of esters is 1. The van der Waals surface area contributed by atoms with Crippen LogP contribution in [-0.4, -0.2) is 26.2 Å². The summed E-state index contributed by atoms with van der Waals surface area (Å²) in [5.74, 6) is 0.109. The van der Waals surface area contributed by atoms with Gasteiger partial charge in [0.15, 0.2) is 0 Å². The van der Waals surface area contributed by atoms with Crippen LogP contribution >= 0.6 is 24.0 Å². The minimum absolute atomic E-state index is 0. The molecule has 0 spiro atoms. The van der Waals surface area contributed by atoms with E-state index < -0.39 is 0 Å². The molecule has 0 bridgehead atoms. The van der Waals surface area contributed by atoms with Gasteiger partial charge in [0.2, 0.25) is 0 Å². The maximum atomic E-state index is 11.3. The lowest BCUT2D eigenvalue weighted by Gasteiger charge is -2.11. The van der Waals surface area contributed by atoms with Gasteiger partial charge < -0.3 is 10.1 Å². The van der Waals surface area contributed by atoms with Crippen LogP contribution in [-0.2, 0) is 4.74 Å². The molecule has 0 radical (unpaired) electrons. The minimum atomic E-state index is -0.349. The Kier molecular flexibility index (Phi) is 5.25. The number of carbonyl (C=O) groups is 1. The number of nitrogens with one attached hydrogen (secondary N) is 1. The van der Waals surface area contributed by atoms with E-state index in [1.807, 2.05) is 6.07 Å². The summed E-state index contributed by atoms with van der Waals surface area (Å²) in [6, 6.07) is 5.37. The fourth-order valence-electron chi connectivity index (χ4n) is 2.02. The van der Waals surface area contributed by atoms with Crippen molar-refractivity contribution in [2.75, 3.05) is 20.2 Å². The van der Waals surface area contributed by atoms with Gasteiger partial charge in [0.05, 0.1) is 12.7 Å². The van der Waals surface area contributed by atoms with Crippen LogP contribution in [0.2, 0.25) is 5.02 Å². The first kappa shape index (κ1) is 14.3. The van der Waals surface area contributed by atoms with Crippen LogP contribution in [0.15, 0.2) is 18.2 Å². The number of hydrogen-bond acceptors (Lipinski definition) is 3. The van der Waals surface area contributed by atoms with E-state index in [0.717, 1.165) is 25.1 Å². The topological polar surface area (TPSA) is 38.3 Å². The molecular formula is C12H15Cl2NO2. The molecule has 94 valence electrons. The van der Waals surface area contributed by atoms with Crippen molar-refractivity contribution in [3.05, 3.63) is 34.3 Å². The molecule has 1 heterocycles. The fourth-order valence-corrected chi connectivity index (χ4v) is 2.36. The van der Waals surface area contributed by atoms with Gasteiger partial charge in [0.1, 0.15) is 0 Å². The molecule has 5 heteroatoms. The lowest BCUT2D eigenvalue weighted by molar-refractivity contribution is 0.0600. The molecule has 0 amide bonds. The van der Waals surface area contributed by atoms with E-state index in [9.17, 15) is 4.79 Å². The summed E-state index contributed by atoms with van der Waals surface area (Å²) in [4.78, 5) is 11.3. The van der Waals surface area contributed by atoms with Gasteiger partial charge in [-0.1, -0.05) is 17.7 Å². The Bertz CT molecular complexity index is 403. The third kappa shape index (κ3) is 3.12. The second-order valence-corrected chi connectivity index (χ2v) is 4.32. The molecule has 1 saturated heterocycles. The zero-order valence-corrected chi connectivity index (χ0v) is 11.1. The first-order valence-corrected chi connectivity index (χ1v) is 5.68. The monoisotopic (exact) mass is 275 g/mol. The number of halogens is 2. The number of benzene rings is 1. The molecule has 0 aromatic heterocycles. The summed E-state index contributed by atoms with van der Waals surface area (Å²) < 4.78 is 4.65. The number of ether oxygens (including phenoxy) is 1. The standard InChI is InChI=1S/C12H14ClNO2.ClH/c1-16-12(15)8-2-3-10(11(13)6-8)9-4-5-14-7-9;/h2-3,6,9,14H,4-5,7H2,1H3;1H. The Morgan fingerprint density at radius 1 is 1.53 bits per heavy atom. The number of hydrogen-bond donors (Lipinski definition) is 1. The average molecular weight is 276 g/mol. The molecule has 1 N–H and O–H groups in total. The van der Waals surface area contributed by atoms with Gasteiger partial charge in [-0.15, -0.1) is 12.4 Å². The van der Waals surface area contributed by atoms with E-state index in [1.165, 1.54) is 7.11 Å². The van der Waals surface area contributed by atoms with Crippen molar-refractivity contribution < 1.29 is 9.53 Å². The zero-order chi connectivity index (χ0) is 11.5. The van der Waals surface area contributed by atoms with E-state index >= 15 is 0 Å². The predicted octanol–water partition coefficient (Wildman–Crippen LogP) is 2.63. The third-order valence-corrected chi connectivity index (χ3v) is 3.25. The van der Waals surface area contributed by atoms with Crippen molar-refractivity contribution >= 4 is 30.0 Å². The second-order valence-electron chi connectivity index (χ2n) is 3.92. The molecule has 17 heavy (non-hydrogen) atoms. The van der Waals surface area contributed by atoms with Crippen molar-refractivity contribution in [1.82, 2.24) is 5.32 Å². The average Bonchev–Trinajstić information content (AvgIpc) is 2.81. The van der Waals surface area contributed by atoms with Crippen LogP contribution in [0.1, 0.15) is 28.3 Å². The van der Waals surface area contributed by atoms with Crippen molar-refractivity contribution in [2.24, 2.45) is 0 Å². The van der Waals surface area contributed by atoms with Crippen LogP contribution in [0.4, 0.5) is 0 Å². The Balaban J connectivity index is 0.00000144. The Hall–Kier alpha value is -0.770. The van der Waals surface area contributed by atoms with Crippen LogP contribution < -0.4 is 5.32 Å². The first-order valence-electron chi connectivity index (χ1n) is 5.31. The maximum Gasteiger partial charge on any atom is 0.337 e. The molecule has 0 saturated carbocycles. The van der Waals surface area contributed by atoms with E-state index in [-0.39, 0.29) is 18.4 Å². The molecule has 1 unspecified atom stereocenters. The predicted molar refractivity (Wildman–Crippen MR) is 70.3 cm³/mol. The summed E-state index contributed by atoms with van der Waals surface area (Å²) >= 11 is 6.17. The van der Waals surface area contributed by atoms with Gasteiger partial charge in [-0.3, -0.25) is 0 Å². The van der Waals surface area contributed by atoms with E-state index in [1.54, 1.807) is 12.1 Å². The Morgan fingerprint density at radius 2 is 2.29 bits per heavy atom. The number of methoxy groups -OCH3 is 1. The molecule has 1 atom stereocenters. The Morgan fingerprint density at radius 3 is 2.82 bits per heavy atom. The molecule has 0 aliphatic carbocycles. The summed E-state index contributed by atoms with van der Waals surface area (Å²) in [5, 5.41) is 3.95. The molecule has 1 fully saturated rings. The Labute approximate surface area is 112 Å². The van der Waals surface area contributed by atoms with Crippen molar-refractivity contribution in [1.29, 1.82) is 0 Å². The highest BCUT2D eigenvalue weighted by atomic mass is 35.5. The number of rotatable bonds is 2. The van der Waals surface area contributed by atoms with Gasteiger partial charge in [-0.2, -0.15) is 0 Å². The first-order chi connectivity index (χ1) is 7.72. The van der Waals surface area contributed by atoms with Crippen molar-refractivity contribution in [2.45, 2.75) is 12.3 Å². The largest absolute Gasteiger partial charge is 0.465 e. The molecule has 1 aromatic rings. The van der Waals surface area contributed by atoms with Crippen LogP contribution in [0.3, 0.4) is 0 Å². The van der Waals surface area contributed by atoms with Crippen molar-refractivity contribution in [3.8, 4) is 0 Å². The van der Waals surface area contributed by atoms with Gasteiger partial charge >= 0.3 is 5.97 Å². The summed E-state index contributed by atoms with van der Waals surface area (Å²) in [7, 11) is 1.37. The zero-order valence-electron chi connectivity index (χ0n) is 9.53. The minimum Gasteiger partial charge on any atom is -0.465 e. The molecule has 1 aliphatic rings. The fraction of sp³-hybridized carbons (Fsp3) is 0.417. The maximum absolute atomic E-state index is 11.3. The summed E-state index contributed by atoms with van der Waals surface area (Å²) in [5.41, 5.74) is 1.61. The van der Waals surface area contributed by atoms with E-state index in [2.05, 4.69) is 10.1 Å². The number of carbonyl (C=O) groups excluding carboxylic acids is 1. The molecule has 3 nitrogen and oxygen atoms in total. The highest BCUT2D eigenvalue weighted by Crippen LogP contribution is 2.29. The van der Waals surface area contributed by atoms with Crippen molar-refractivity contribution in [3.63, 3.8) is 0 Å². The lowest BCUT2D eigenvalue weighted by Crippen LogP contribution is -2.09. The van der Waals surface area contributed by atoms with Gasteiger partial charge in [-0.05, 0) is 36.6 Å². The van der Waals surface area contributed by atoms with Crippen LogP contribution in [0.5, 0.6) is 0 Å². The second kappa shape index (κ2) is 6.24. The highest BCUT2D eigenvalue weighted by Gasteiger charge is 2.20. The van der Waals surface area contributed by atoms with Gasteiger partial charge in [0, 0.05) is 11.6 Å². The third-order valence-electron chi connectivity index (χ3n) is 2.92. The highest BCUT2D eigenvalue weighted by molar-refractivity contribution is 6.31. The van der Waals surface area contributed by atoms with Crippen LogP contribution in [0, 0.1) is 0 Å². The van der Waals surface area contributed by atoms with Gasteiger partial charge in [-0.25, -0.2) is 4.79 Å². The lowest BCUT2D eigenvalue weighted by atomic mass is 9.97. The quantitative estimate of drug-likeness (QED) is 0.844. The van der Waals surface area contributed by atoms with Crippen LogP contribution in [0.25, 0.3) is 0 Å². The normalized spacial score (nSPS) is 18.6. The van der Waals surface area contributed by atoms with E-state index in [0.29, 0.717) is 16.5 Å². The summed E-state index contributed by atoms with van der Waals surface area (Å²) in [6.07, 6.45) is 1.09. The molecular weight excluding hydrogens is 261 g/mol. The smallest absolute Gasteiger partial charge is 0.337 e. The molecule has 1 aromatic carbocycles.